The highest BCUT2D eigenvalue weighted by atomic mass is 15.3. The first-order valence-corrected chi connectivity index (χ1v) is 4.35. The van der Waals surface area contributed by atoms with Crippen LogP contribution in [0.25, 0.3) is 11.0 Å². The Morgan fingerprint density at radius 1 is 1.31 bits per heavy atom. The summed E-state index contributed by atoms with van der Waals surface area (Å²) in [6.07, 6.45) is 3.61. The average Bonchev–Trinajstić information content (AvgIpc) is 2.46. The molecule has 0 spiro atoms. The van der Waals surface area contributed by atoms with E-state index in [0.29, 0.717) is 6.04 Å². The van der Waals surface area contributed by atoms with Gasteiger partial charge in [0.05, 0.1) is 12.4 Å². The number of hydrogen-bond acceptors (Lipinski definition) is 3. The Hall–Kier alpha value is -1.45. The predicted octanol–water partition coefficient (Wildman–Crippen LogP) is 1.72. The van der Waals surface area contributed by atoms with Gasteiger partial charge in [0.25, 0.3) is 0 Å². The first-order valence-electron chi connectivity index (χ1n) is 4.35. The normalized spacial score (nSPS) is 11.4. The van der Waals surface area contributed by atoms with E-state index in [4.69, 9.17) is 0 Å². The Morgan fingerprint density at radius 2 is 2.08 bits per heavy atom. The van der Waals surface area contributed by atoms with E-state index in [1.54, 1.807) is 6.20 Å². The molecule has 0 radical (unpaired) electrons. The van der Waals surface area contributed by atoms with E-state index in [9.17, 15) is 0 Å². The van der Waals surface area contributed by atoms with Gasteiger partial charge in [-0.05, 0) is 20.8 Å². The van der Waals surface area contributed by atoms with Gasteiger partial charge in [-0.3, -0.25) is 4.68 Å². The molecule has 13 heavy (non-hydrogen) atoms. The third-order valence-electron chi connectivity index (χ3n) is 1.96. The minimum absolute atomic E-state index is 0.351. The maximum absolute atomic E-state index is 4.28. The lowest BCUT2D eigenvalue weighted by Gasteiger charge is -2.05. The van der Waals surface area contributed by atoms with Crippen LogP contribution in [0.15, 0.2) is 12.4 Å². The Morgan fingerprint density at radius 3 is 2.77 bits per heavy atom. The van der Waals surface area contributed by atoms with E-state index >= 15 is 0 Å². The average molecular weight is 176 g/mol. The lowest BCUT2D eigenvalue weighted by atomic mass is 10.4. The van der Waals surface area contributed by atoms with Crippen molar-refractivity contribution in [2.75, 3.05) is 0 Å². The van der Waals surface area contributed by atoms with Gasteiger partial charge in [0.15, 0.2) is 0 Å². The van der Waals surface area contributed by atoms with Gasteiger partial charge in [-0.2, -0.15) is 5.10 Å². The van der Waals surface area contributed by atoms with Gasteiger partial charge in [0, 0.05) is 6.04 Å². The van der Waals surface area contributed by atoms with Crippen LogP contribution < -0.4 is 0 Å². The van der Waals surface area contributed by atoms with Gasteiger partial charge in [0.1, 0.15) is 16.9 Å². The molecule has 0 saturated heterocycles. The molecule has 0 fully saturated rings. The number of nitrogens with zero attached hydrogens (tertiary/aromatic N) is 4. The van der Waals surface area contributed by atoms with E-state index in [2.05, 4.69) is 28.9 Å². The van der Waals surface area contributed by atoms with Gasteiger partial charge in [-0.15, -0.1) is 0 Å². The van der Waals surface area contributed by atoms with Crippen molar-refractivity contribution in [2.45, 2.75) is 26.8 Å². The molecule has 0 aliphatic heterocycles. The fraction of sp³-hybridized carbons (Fsp3) is 0.444. The number of aryl methyl sites for hydroxylation is 1. The van der Waals surface area contributed by atoms with Crippen molar-refractivity contribution in [3.63, 3.8) is 0 Å². The highest BCUT2D eigenvalue weighted by Crippen LogP contribution is 2.14. The Balaban J connectivity index is 2.69. The summed E-state index contributed by atoms with van der Waals surface area (Å²) in [5.41, 5.74) is 1.92. The summed E-state index contributed by atoms with van der Waals surface area (Å²) in [7, 11) is 0. The molecule has 0 bridgehead atoms. The van der Waals surface area contributed by atoms with Crippen molar-refractivity contribution in [3.05, 3.63) is 18.2 Å². The lowest BCUT2D eigenvalue weighted by molar-refractivity contribution is 0.550. The number of hydrogen-bond donors (Lipinski definition) is 0. The highest BCUT2D eigenvalue weighted by Gasteiger charge is 2.06. The van der Waals surface area contributed by atoms with Crippen molar-refractivity contribution in [2.24, 2.45) is 0 Å². The van der Waals surface area contributed by atoms with Crippen LogP contribution in [-0.2, 0) is 0 Å². The molecule has 0 N–H and O–H groups in total. The summed E-state index contributed by atoms with van der Waals surface area (Å²) in [4.78, 5) is 8.43. The number of aromatic nitrogens is 4. The van der Waals surface area contributed by atoms with Crippen LogP contribution in [0.3, 0.4) is 0 Å². The Labute approximate surface area is 76.6 Å². The molecule has 0 amide bonds. The van der Waals surface area contributed by atoms with Gasteiger partial charge < -0.3 is 0 Å². The van der Waals surface area contributed by atoms with Crippen LogP contribution in [0, 0.1) is 6.92 Å². The van der Waals surface area contributed by atoms with Crippen LogP contribution in [0.2, 0.25) is 0 Å². The summed E-state index contributed by atoms with van der Waals surface area (Å²) < 4.78 is 1.93. The van der Waals surface area contributed by atoms with Crippen molar-refractivity contribution in [1.29, 1.82) is 0 Å². The molecule has 0 unspecified atom stereocenters. The van der Waals surface area contributed by atoms with E-state index in [0.717, 1.165) is 16.9 Å². The molecule has 68 valence electrons. The van der Waals surface area contributed by atoms with Gasteiger partial charge in [0.2, 0.25) is 0 Å². The molecule has 4 nitrogen and oxygen atoms in total. The van der Waals surface area contributed by atoms with Crippen LogP contribution in [0.1, 0.15) is 25.7 Å². The molecule has 2 rings (SSSR count). The first kappa shape index (κ1) is 8.16. The van der Waals surface area contributed by atoms with Gasteiger partial charge >= 0.3 is 0 Å². The second-order valence-electron chi connectivity index (χ2n) is 3.37. The predicted molar refractivity (Wildman–Crippen MR) is 50.4 cm³/mol. The molecule has 0 saturated carbocycles. The summed E-state index contributed by atoms with van der Waals surface area (Å²) in [6.45, 7) is 6.06. The first-order chi connectivity index (χ1) is 6.18. The molecule has 0 aliphatic carbocycles. The Kier molecular flexibility index (Phi) is 1.76. The van der Waals surface area contributed by atoms with E-state index in [1.165, 1.54) is 0 Å². The third-order valence-corrected chi connectivity index (χ3v) is 1.96. The zero-order chi connectivity index (χ0) is 9.42. The van der Waals surface area contributed by atoms with Gasteiger partial charge in [-0.1, -0.05) is 0 Å². The summed E-state index contributed by atoms with van der Waals surface area (Å²) >= 11 is 0. The van der Waals surface area contributed by atoms with Crippen molar-refractivity contribution >= 4 is 11.0 Å². The topological polar surface area (TPSA) is 43.6 Å². The SMILES string of the molecule is Cc1ncc2c(cnn2C(C)C)n1. The zero-order valence-electron chi connectivity index (χ0n) is 8.02. The molecule has 2 aromatic rings. The van der Waals surface area contributed by atoms with Crippen LogP contribution in [-0.4, -0.2) is 19.7 Å². The summed E-state index contributed by atoms with van der Waals surface area (Å²) in [6, 6.07) is 0.351. The molecule has 0 aliphatic rings. The van der Waals surface area contributed by atoms with E-state index in [1.807, 2.05) is 17.8 Å². The lowest BCUT2D eigenvalue weighted by Crippen LogP contribution is -2.02. The standard InChI is InChI=1S/C9H12N4/c1-6(2)13-9-5-10-7(3)12-8(9)4-11-13/h4-6H,1-3H3. The number of fused-ring (bicyclic) bond motifs is 1. The van der Waals surface area contributed by atoms with Crippen molar-refractivity contribution < 1.29 is 0 Å². The minimum Gasteiger partial charge on any atom is -0.259 e. The Bertz CT molecular complexity index is 430. The monoisotopic (exact) mass is 176 g/mol. The van der Waals surface area contributed by atoms with E-state index < -0.39 is 0 Å². The van der Waals surface area contributed by atoms with Crippen molar-refractivity contribution in [1.82, 2.24) is 19.7 Å². The quantitative estimate of drug-likeness (QED) is 0.664. The summed E-state index contributed by atoms with van der Waals surface area (Å²) in [5, 5.41) is 4.25. The third kappa shape index (κ3) is 1.28. The summed E-state index contributed by atoms with van der Waals surface area (Å²) in [5.74, 6) is 0.788. The highest BCUT2D eigenvalue weighted by molar-refractivity contribution is 5.72. The van der Waals surface area contributed by atoms with E-state index in [-0.39, 0.29) is 0 Å². The second kappa shape index (κ2) is 2.80. The van der Waals surface area contributed by atoms with Crippen LogP contribution >= 0.6 is 0 Å². The maximum atomic E-state index is 4.28. The molecular weight excluding hydrogens is 164 g/mol. The van der Waals surface area contributed by atoms with Gasteiger partial charge in [-0.25, -0.2) is 9.97 Å². The molecular formula is C9H12N4. The smallest absolute Gasteiger partial charge is 0.126 e. The number of rotatable bonds is 1. The minimum atomic E-state index is 0.351. The fourth-order valence-electron chi connectivity index (χ4n) is 1.34. The van der Waals surface area contributed by atoms with Crippen LogP contribution in [0.4, 0.5) is 0 Å². The molecule has 4 heteroatoms. The fourth-order valence-corrected chi connectivity index (χ4v) is 1.34. The second-order valence-corrected chi connectivity index (χ2v) is 3.37. The van der Waals surface area contributed by atoms with Crippen molar-refractivity contribution in [3.8, 4) is 0 Å². The largest absolute Gasteiger partial charge is 0.259 e. The molecule has 2 aromatic heterocycles. The zero-order valence-corrected chi connectivity index (χ0v) is 8.02. The molecule has 2 heterocycles. The maximum Gasteiger partial charge on any atom is 0.126 e. The van der Waals surface area contributed by atoms with Crippen LogP contribution in [0.5, 0.6) is 0 Å². The molecule has 0 atom stereocenters. The molecule has 0 aromatic carbocycles.